The molecule has 84 valence electrons. The summed E-state index contributed by atoms with van der Waals surface area (Å²) in [6.07, 6.45) is 0. The van der Waals surface area contributed by atoms with Gasteiger partial charge in [0.2, 0.25) is 0 Å². The van der Waals surface area contributed by atoms with Crippen LogP contribution in [0.15, 0.2) is 24.3 Å². The van der Waals surface area contributed by atoms with Crippen LogP contribution in [0.25, 0.3) is 0 Å². The molecular formula is C9H11FO4S. The van der Waals surface area contributed by atoms with Gasteiger partial charge in [-0.15, -0.1) is 0 Å². The van der Waals surface area contributed by atoms with Crippen molar-refractivity contribution in [2.45, 2.75) is 13.5 Å². The Bertz CT molecular complexity index is 399. The lowest BCUT2D eigenvalue weighted by atomic mass is 10.2. The van der Waals surface area contributed by atoms with Crippen LogP contribution in [0.4, 0.5) is 4.39 Å². The van der Waals surface area contributed by atoms with Crippen LogP contribution in [-0.4, -0.2) is 15.0 Å². The first-order chi connectivity index (χ1) is 7.03. The molecule has 0 aromatic heterocycles. The Kier molecular flexibility index (Phi) is 4.19. The molecule has 0 bridgehead atoms. The predicted octanol–water partition coefficient (Wildman–Crippen LogP) is 1.62. The molecule has 0 atom stereocenters. The molecule has 0 saturated carbocycles. The molecule has 1 rings (SSSR count). The highest BCUT2D eigenvalue weighted by atomic mass is 32.3. The lowest BCUT2D eigenvalue weighted by Crippen LogP contribution is -2.09. The maximum atomic E-state index is 12.5. The molecule has 0 unspecified atom stereocenters. The van der Waals surface area contributed by atoms with Gasteiger partial charge < -0.3 is 0 Å². The highest BCUT2D eigenvalue weighted by Crippen LogP contribution is 2.07. The first-order valence-electron chi connectivity index (χ1n) is 4.32. The molecule has 0 aliphatic carbocycles. The van der Waals surface area contributed by atoms with Crippen LogP contribution in [0.2, 0.25) is 0 Å². The molecule has 0 aliphatic heterocycles. The Labute approximate surface area is 88.0 Å². The van der Waals surface area contributed by atoms with Gasteiger partial charge in [0.15, 0.2) is 0 Å². The molecule has 15 heavy (non-hydrogen) atoms. The third kappa shape index (κ3) is 4.37. The van der Waals surface area contributed by atoms with E-state index in [1.165, 1.54) is 24.3 Å². The second-order valence-corrected chi connectivity index (χ2v) is 3.99. The summed E-state index contributed by atoms with van der Waals surface area (Å²) in [5, 5.41) is 0. The number of hydrogen-bond acceptors (Lipinski definition) is 4. The van der Waals surface area contributed by atoms with Gasteiger partial charge in [0.1, 0.15) is 5.82 Å². The van der Waals surface area contributed by atoms with E-state index in [0.717, 1.165) is 0 Å². The zero-order valence-corrected chi connectivity index (χ0v) is 8.96. The Hall–Kier alpha value is -0.980. The fraction of sp³-hybridized carbons (Fsp3) is 0.333. The van der Waals surface area contributed by atoms with E-state index in [2.05, 4.69) is 8.37 Å². The summed E-state index contributed by atoms with van der Waals surface area (Å²) < 4.78 is 43.3. The Morgan fingerprint density at radius 1 is 1.20 bits per heavy atom. The van der Waals surface area contributed by atoms with Crippen molar-refractivity contribution < 1.29 is 21.2 Å². The molecule has 0 amide bonds. The van der Waals surface area contributed by atoms with Crippen LogP contribution in [0.5, 0.6) is 0 Å². The van der Waals surface area contributed by atoms with Gasteiger partial charge in [-0.05, 0) is 24.6 Å². The number of rotatable bonds is 5. The summed E-state index contributed by atoms with van der Waals surface area (Å²) in [5.41, 5.74) is 0.555. The summed E-state index contributed by atoms with van der Waals surface area (Å²) in [7, 11) is -3.93. The van der Waals surface area contributed by atoms with Gasteiger partial charge in [-0.2, -0.15) is 8.42 Å². The van der Waals surface area contributed by atoms with Gasteiger partial charge >= 0.3 is 10.4 Å². The zero-order valence-electron chi connectivity index (χ0n) is 8.14. The van der Waals surface area contributed by atoms with Gasteiger partial charge in [-0.1, -0.05) is 12.1 Å². The van der Waals surface area contributed by atoms with E-state index in [-0.39, 0.29) is 19.0 Å². The van der Waals surface area contributed by atoms with Crippen molar-refractivity contribution in [3.8, 4) is 0 Å². The van der Waals surface area contributed by atoms with E-state index >= 15 is 0 Å². The molecule has 0 heterocycles. The summed E-state index contributed by atoms with van der Waals surface area (Å²) >= 11 is 0. The lowest BCUT2D eigenvalue weighted by Gasteiger charge is -2.04. The average molecular weight is 234 g/mol. The molecule has 1 aromatic carbocycles. The topological polar surface area (TPSA) is 52.6 Å². The maximum absolute atomic E-state index is 12.5. The molecule has 6 heteroatoms. The third-order valence-corrected chi connectivity index (χ3v) is 2.48. The maximum Gasteiger partial charge on any atom is 0.400 e. The van der Waals surface area contributed by atoms with Crippen molar-refractivity contribution in [1.82, 2.24) is 0 Å². The van der Waals surface area contributed by atoms with Crippen molar-refractivity contribution in [3.63, 3.8) is 0 Å². The highest BCUT2D eigenvalue weighted by molar-refractivity contribution is 7.81. The second-order valence-electron chi connectivity index (χ2n) is 2.70. The Morgan fingerprint density at radius 3 is 2.33 bits per heavy atom. The molecule has 1 aromatic rings. The van der Waals surface area contributed by atoms with E-state index in [0.29, 0.717) is 5.56 Å². The predicted molar refractivity (Wildman–Crippen MR) is 51.7 cm³/mol. The van der Waals surface area contributed by atoms with Crippen LogP contribution < -0.4 is 0 Å². The van der Waals surface area contributed by atoms with Crippen LogP contribution in [0.3, 0.4) is 0 Å². The first kappa shape index (κ1) is 12.1. The second kappa shape index (κ2) is 5.20. The third-order valence-electron chi connectivity index (χ3n) is 1.55. The molecule has 4 nitrogen and oxygen atoms in total. The average Bonchev–Trinajstić information content (AvgIpc) is 2.17. The van der Waals surface area contributed by atoms with Gasteiger partial charge in [0, 0.05) is 0 Å². The van der Waals surface area contributed by atoms with Gasteiger partial charge in [0.05, 0.1) is 13.2 Å². The van der Waals surface area contributed by atoms with E-state index < -0.39 is 10.4 Å². The molecular weight excluding hydrogens is 223 g/mol. The molecule has 0 saturated heterocycles. The Balaban J connectivity index is 2.54. The summed E-state index contributed by atoms with van der Waals surface area (Å²) in [6.45, 7) is 1.40. The minimum Gasteiger partial charge on any atom is -0.248 e. The summed E-state index contributed by atoms with van der Waals surface area (Å²) in [6, 6.07) is 5.34. The molecule has 0 spiro atoms. The SMILES string of the molecule is CCOS(=O)(=O)OCc1ccc(F)cc1. The standard InChI is InChI=1S/C9H11FO4S/c1-2-13-15(11,12)14-7-8-3-5-9(10)6-4-8/h3-6H,2,7H2,1H3. The normalized spacial score (nSPS) is 11.6. The smallest absolute Gasteiger partial charge is 0.248 e. The monoisotopic (exact) mass is 234 g/mol. The van der Waals surface area contributed by atoms with Gasteiger partial charge in [-0.3, -0.25) is 0 Å². The molecule has 0 N–H and O–H groups in total. The van der Waals surface area contributed by atoms with Crippen molar-refractivity contribution in [1.29, 1.82) is 0 Å². The quantitative estimate of drug-likeness (QED) is 0.777. The lowest BCUT2D eigenvalue weighted by molar-refractivity contribution is 0.215. The van der Waals surface area contributed by atoms with E-state index in [4.69, 9.17) is 0 Å². The fourth-order valence-electron chi connectivity index (χ4n) is 0.899. The molecule has 0 aliphatic rings. The van der Waals surface area contributed by atoms with E-state index in [9.17, 15) is 12.8 Å². The number of hydrogen-bond donors (Lipinski definition) is 0. The zero-order chi connectivity index (χ0) is 11.3. The summed E-state index contributed by atoms with van der Waals surface area (Å²) in [5.74, 6) is -0.383. The van der Waals surface area contributed by atoms with Crippen molar-refractivity contribution in [2.75, 3.05) is 6.61 Å². The first-order valence-corrected chi connectivity index (χ1v) is 5.65. The van der Waals surface area contributed by atoms with Crippen LogP contribution in [0, 0.1) is 5.82 Å². The minimum absolute atomic E-state index is 0.0196. The Morgan fingerprint density at radius 2 is 1.80 bits per heavy atom. The molecule has 0 fully saturated rings. The summed E-state index contributed by atoms with van der Waals surface area (Å²) in [4.78, 5) is 0. The van der Waals surface area contributed by atoms with Crippen LogP contribution in [-0.2, 0) is 25.4 Å². The minimum atomic E-state index is -3.93. The van der Waals surface area contributed by atoms with Gasteiger partial charge in [0.25, 0.3) is 0 Å². The number of benzene rings is 1. The van der Waals surface area contributed by atoms with E-state index in [1.54, 1.807) is 6.92 Å². The number of halogens is 1. The van der Waals surface area contributed by atoms with Gasteiger partial charge in [-0.25, -0.2) is 12.8 Å². The van der Waals surface area contributed by atoms with Crippen LogP contribution >= 0.6 is 0 Å². The molecule has 0 radical (unpaired) electrons. The highest BCUT2D eigenvalue weighted by Gasteiger charge is 2.10. The van der Waals surface area contributed by atoms with E-state index in [1.807, 2.05) is 0 Å². The van der Waals surface area contributed by atoms with Crippen molar-refractivity contribution >= 4 is 10.4 Å². The van der Waals surface area contributed by atoms with Crippen molar-refractivity contribution in [2.24, 2.45) is 0 Å². The fourth-order valence-corrected chi connectivity index (χ4v) is 1.54. The van der Waals surface area contributed by atoms with Crippen LogP contribution in [0.1, 0.15) is 12.5 Å². The largest absolute Gasteiger partial charge is 0.400 e. The van der Waals surface area contributed by atoms with Crippen molar-refractivity contribution in [3.05, 3.63) is 35.6 Å².